The van der Waals surface area contributed by atoms with E-state index in [0.717, 1.165) is 37.6 Å². The van der Waals surface area contributed by atoms with Crippen molar-refractivity contribution >= 4 is 0 Å². The number of nitrogens with zero attached hydrogens (tertiary/aromatic N) is 1. The van der Waals surface area contributed by atoms with Crippen molar-refractivity contribution in [1.29, 1.82) is 0 Å². The summed E-state index contributed by atoms with van der Waals surface area (Å²) < 4.78 is 5.45. The van der Waals surface area contributed by atoms with Crippen LogP contribution in [0.4, 0.5) is 0 Å². The molecule has 68 valence electrons. The van der Waals surface area contributed by atoms with Crippen molar-refractivity contribution in [3.8, 4) is 0 Å². The zero-order valence-electron chi connectivity index (χ0n) is 7.76. The molecular weight excluding hydrogens is 152 g/mol. The number of hydrogen-bond donors (Lipinski definition) is 1. The van der Waals surface area contributed by atoms with Crippen LogP contribution in [0.3, 0.4) is 0 Å². The first-order valence-electron chi connectivity index (χ1n) is 4.51. The Morgan fingerprint density at radius 3 is 3.00 bits per heavy atom. The minimum absolute atomic E-state index is 0.736. The molecule has 1 N–H and O–H groups in total. The van der Waals surface area contributed by atoms with Crippen LogP contribution in [0.5, 0.6) is 0 Å². The smallest absolute Gasteiger partial charge is 0.208 e. The van der Waals surface area contributed by atoms with Gasteiger partial charge in [0, 0.05) is 6.42 Å². The predicted octanol–water partition coefficient (Wildman–Crippen LogP) is 1.74. The van der Waals surface area contributed by atoms with Gasteiger partial charge in [-0.2, -0.15) is 0 Å². The molecule has 0 atom stereocenters. The van der Waals surface area contributed by atoms with Crippen LogP contribution in [0.1, 0.15) is 31.9 Å². The van der Waals surface area contributed by atoms with Gasteiger partial charge in [-0.3, -0.25) is 0 Å². The molecule has 0 saturated carbocycles. The van der Waals surface area contributed by atoms with Gasteiger partial charge in [-0.15, -0.1) is 0 Å². The van der Waals surface area contributed by atoms with Crippen molar-refractivity contribution in [1.82, 2.24) is 10.3 Å². The maximum Gasteiger partial charge on any atom is 0.208 e. The lowest BCUT2D eigenvalue weighted by Gasteiger charge is -1.94. The van der Waals surface area contributed by atoms with E-state index in [1.807, 2.05) is 6.20 Å². The molecule has 12 heavy (non-hydrogen) atoms. The molecule has 0 spiro atoms. The van der Waals surface area contributed by atoms with Crippen LogP contribution in [-0.4, -0.2) is 11.5 Å². The fourth-order valence-corrected chi connectivity index (χ4v) is 1.02. The summed E-state index contributed by atoms with van der Waals surface area (Å²) in [6.07, 6.45) is 3.91. The molecule has 0 aliphatic rings. The number of aromatic nitrogens is 1. The van der Waals surface area contributed by atoms with E-state index >= 15 is 0 Å². The van der Waals surface area contributed by atoms with Gasteiger partial charge in [0.05, 0.1) is 12.7 Å². The molecule has 0 aliphatic heterocycles. The average Bonchev–Trinajstić information content (AvgIpc) is 2.50. The van der Waals surface area contributed by atoms with Gasteiger partial charge in [0.1, 0.15) is 5.76 Å². The number of oxazole rings is 1. The third-order valence-electron chi connectivity index (χ3n) is 1.62. The van der Waals surface area contributed by atoms with Crippen LogP contribution in [0.2, 0.25) is 0 Å². The Bertz CT molecular complexity index is 220. The molecule has 0 bridgehead atoms. The summed E-state index contributed by atoms with van der Waals surface area (Å²) in [5, 5.41) is 3.16. The summed E-state index contributed by atoms with van der Waals surface area (Å²) in [7, 11) is 0. The predicted molar refractivity (Wildman–Crippen MR) is 47.9 cm³/mol. The van der Waals surface area contributed by atoms with E-state index in [9.17, 15) is 0 Å². The molecule has 1 rings (SSSR count). The Kier molecular flexibility index (Phi) is 3.80. The SMILES string of the molecule is CCCc1cnc(CNCC)o1. The quantitative estimate of drug-likeness (QED) is 0.727. The van der Waals surface area contributed by atoms with Gasteiger partial charge in [-0.25, -0.2) is 4.98 Å². The molecule has 1 aromatic rings. The molecule has 0 radical (unpaired) electrons. The Morgan fingerprint density at radius 2 is 2.33 bits per heavy atom. The van der Waals surface area contributed by atoms with Gasteiger partial charge in [-0.05, 0) is 13.0 Å². The van der Waals surface area contributed by atoms with Gasteiger partial charge in [0.25, 0.3) is 0 Å². The summed E-state index contributed by atoms with van der Waals surface area (Å²) in [5.41, 5.74) is 0. The first-order valence-corrected chi connectivity index (χ1v) is 4.51. The monoisotopic (exact) mass is 168 g/mol. The third-order valence-corrected chi connectivity index (χ3v) is 1.62. The van der Waals surface area contributed by atoms with Crippen molar-refractivity contribution in [3.63, 3.8) is 0 Å². The second-order valence-electron chi connectivity index (χ2n) is 2.75. The zero-order valence-corrected chi connectivity index (χ0v) is 7.76. The molecule has 0 fully saturated rings. The van der Waals surface area contributed by atoms with Gasteiger partial charge in [-0.1, -0.05) is 13.8 Å². The van der Waals surface area contributed by atoms with Crippen molar-refractivity contribution in [2.45, 2.75) is 33.2 Å². The summed E-state index contributed by atoms with van der Waals surface area (Å²) in [6.45, 7) is 5.88. The van der Waals surface area contributed by atoms with Crippen LogP contribution in [0.25, 0.3) is 0 Å². The first kappa shape index (κ1) is 9.26. The van der Waals surface area contributed by atoms with Crippen LogP contribution in [-0.2, 0) is 13.0 Å². The maximum atomic E-state index is 5.45. The molecular formula is C9H16N2O. The number of nitrogens with one attached hydrogen (secondary N) is 1. The van der Waals surface area contributed by atoms with E-state index in [1.54, 1.807) is 0 Å². The van der Waals surface area contributed by atoms with Gasteiger partial charge >= 0.3 is 0 Å². The molecule has 1 aromatic heterocycles. The van der Waals surface area contributed by atoms with E-state index < -0.39 is 0 Å². The Morgan fingerprint density at radius 1 is 1.50 bits per heavy atom. The summed E-state index contributed by atoms with van der Waals surface area (Å²) in [6, 6.07) is 0. The average molecular weight is 168 g/mol. The minimum atomic E-state index is 0.736. The topological polar surface area (TPSA) is 38.1 Å². The highest BCUT2D eigenvalue weighted by Gasteiger charge is 2.00. The van der Waals surface area contributed by atoms with E-state index in [0.29, 0.717) is 0 Å². The standard InChI is InChI=1S/C9H16N2O/c1-3-5-8-6-11-9(12-8)7-10-4-2/h6,10H,3-5,7H2,1-2H3. The molecule has 3 nitrogen and oxygen atoms in total. The molecule has 0 aliphatic carbocycles. The lowest BCUT2D eigenvalue weighted by Crippen LogP contribution is -2.11. The number of aryl methyl sites for hydroxylation is 1. The fourth-order valence-electron chi connectivity index (χ4n) is 1.02. The van der Waals surface area contributed by atoms with Gasteiger partial charge < -0.3 is 9.73 Å². The summed E-state index contributed by atoms with van der Waals surface area (Å²) in [5.74, 6) is 1.78. The fraction of sp³-hybridized carbons (Fsp3) is 0.667. The van der Waals surface area contributed by atoms with Crippen LogP contribution < -0.4 is 5.32 Å². The lowest BCUT2D eigenvalue weighted by atomic mass is 10.3. The minimum Gasteiger partial charge on any atom is -0.444 e. The molecule has 0 aromatic carbocycles. The van der Waals surface area contributed by atoms with Crippen LogP contribution in [0, 0.1) is 0 Å². The molecule has 3 heteroatoms. The molecule has 0 saturated heterocycles. The van der Waals surface area contributed by atoms with E-state index in [-0.39, 0.29) is 0 Å². The highest BCUT2D eigenvalue weighted by molar-refractivity contribution is 4.93. The second-order valence-corrected chi connectivity index (χ2v) is 2.75. The van der Waals surface area contributed by atoms with Crippen LogP contribution in [0.15, 0.2) is 10.6 Å². The van der Waals surface area contributed by atoms with E-state index in [1.165, 1.54) is 0 Å². The summed E-state index contributed by atoms with van der Waals surface area (Å²) >= 11 is 0. The van der Waals surface area contributed by atoms with Crippen molar-refractivity contribution in [2.75, 3.05) is 6.54 Å². The normalized spacial score (nSPS) is 10.5. The largest absolute Gasteiger partial charge is 0.444 e. The highest BCUT2D eigenvalue weighted by Crippen LogP contribution is 2.05. The lowest BCUT2D eigenvalue weighted by molar-refractivity contribution is 0.437. The van der Waals surface area contributed by atoms with Crippen LogP contribution >= 0.6 is 0 Å². The Hall–Kier alpha value is -0.830. The number of hydrogen-bond acceptors (Lipinski definition) is 3. The van der Waals surface area contributed by atoms with E-state index in [4.69, 9.17) is 4.42 Å². The molecule has 1 heterocycles. The zero-order chi connectivity index (χ0) is 8.81. The van der Waals surface area contributed by atoms with Gasteiger partial charge in [0.15, 0.2) is 0 Å². The highest BCUT2D eigenvalue weighted by atomic mass is 16.4. The Balaban J connectivity index is 2.41. The molecule has 0 unspecified atom stereocenters. The first-order chi connectivity index (χ1) is 5.86. The van der Waals surface area contributed by atoms with Crippen molar-refractivity contribution in [3.05, 3.63) is 17.8 Å². The molecule has 0 amide bonds. The summed E-state index contributed by atoms with van der Waals surface area (Å²) in [4.78, 5) is 4.14. The second kappa shape index (κ2) is 4.93. The van der Waals surface area contributed by atoms with Gasteiger partial charge in [0.2, 0.25) is 5.89 Å². The van der Waals surface area contributed by atoms with Crippen molar-refractivity contribution < 1.29 is 4.42 Å². The van der Waals surface area contributed by atoms with E-state index in [2.05, 4.69) is 24.1 Å². The third kappa shape index (κ3) is 2.66. The Labute approximate surface area is 73.2 Å². The number of rotatable bonds is 5. The van der Waals surface area contributed by atoms with Crippen molar-refractivity contribution in [2.24, 2.45) is 0 Å². The maximum absolute atomic E-state index is 5.45.